The van der Waals surface area contributed by atoms with Crippen molar-refractivity contribution in [2.75, 3.05) is 13.1 Å². The normalized spacial score (nSPS) is 37.7. The van der Waals surface area contributed by atoms with Gasteiger partial charge in [0.2, 0.25) is 0 Å². The maximum Gasteiger partial charge on any atom is 0.0196 e. The average Bonchev–Trinajstić information content (AvgIpc) is 2.30. The monoisotopic (exact) mass is 252 g/mol. The van der Waals surface area contributed by atoms with Crippen LogP contribution in [0.25, 0.3) is 0 Å². The molecule has 0 bridgehead atoms. The molecule has 0 amide bonds. The molecule has 2 nitrogen and oxygen atoms in total. The first-order chi connectivity index (χ1) is 8.52. The van der Waals surface area contributed by atoms with Crippen LogP contribution in [0.1, 0.15) is 66.2 Å². The molecule has 1 heterocycles. The van der Waals surface area contributed by atoms with Crippen molar-refractivity contribution in [2.45, 2.75) is 84.3 Å². The summed E-state index contributed by atoms with van der Waals surface area (Å²) in [5.74, 6) is 0. The fourth-order valence-corrected chi connectivity index (χ4v) is 3.95. The van der Waals surface area contributed by atoms with Crippen LogP contribution in [0, 0.1) is 5.41 Å². The van der Waals surface area contributed by atoms with E-state index in [0.717, 1.165) is 18.1 Å². The Morgan fingerprint density at radius 3 is 2.78 bits per heavy atom. The highest BCUT2D eigenvalue weighted by Gasteiger charge is 2.35. The third-order valence-corrected chi connectivity index (χ3v) is 4.98. The zero-order valence-corrected chi connectivity index (χ0v) is 12.8. The van der Waals surface area contributed by atoms with Crippen LogP contribution in [0.4, 0.5) is 0 Å². The van der Waals surface area contributed by atoms with Gasteiger partial charge in [0.1, 0.15) is 0 Å². The molecule has 0 aromatic heterocycles. The second kappa shape index (κ2) is 5.92. The molecule has 2 rings (SSSR count). The quantitative estimate of drug-likeness (QED) is 0.828. The number of hydrogen-bond acceptors (Lipinski definition) is 2. The van der Waals surface area contributed by atoms with Gasteiger partial charge in [0, 0.05) is 31.2 Å². The van der Waals surface area contributed by atoms with E-state index in [0.29, 0.717) is 5.41 Å². The largest absolute Gasteiger partial charge is 0.311 e. The third kappa shape index (κ3) is 3.48. The molecule has 3 atom stereocenters. The maximum absolute atomic E-state index is 3.72. The summed E-state index contributed by atoms with van der Waals surface area (Å²) in [6, 6.07) is 2.29. The van der Waals surface area contributed by atoms with Crippen molar-refractivity contribution in [3.8, 4) is 0 Å². The van der Waals surface area contributed by atoms with Crippen LogP contribution in [0.5, 0.6) is 0 Å². The highest BCUT2D eigenvalue weighted by Crippen LogP contribution is 2.38. The average molecular weight is 252 g/mol. The second-order valence-corrected chi connectivity index (χ2v) is 7.35. The molecule has 3 unspecified atom stereocenters. The minimum atomic E-state index is 0.563. The summed E-state index contributed by atoms with van der Waals surface area (Å²) in [5, 5.41) is 3.72. The van der Waals surface area contributed by atoms with Crippen molar-refractivity contribution >= 4 is 0 Å². The van der Waals surface area contributed by atoms with Crippen LogP contribution in [-0.2, 0) is 0 Å². The first-order valence-electron chi connectivity index (χ1n) is 8.01. The minimum absolute atomic E-state index is 0.563. The van der Waals surface area contributed by atoms with Gasteiger partial charge in [0.25, 0.3) is 0 Å². The summed E-state index contributed by atoms with van der Waals surface area (Å²) in [4.78, 5) is 2.82. The Labute approximate surface area is 114 Å². The molecule has 18 heavy (non-hydrogen) atoms. The Kier molecular flexibility index (Phi) is 4.71. The number of nitrogens with zero attached hydrogens (tertiary/aromatic N) is 1. The van der Waals surface area contributed by atoms with E-state index in [4.69, 9.17) is 0 Å². The zero-order valence-electron chi connectivity index (χ0n) is 12.8. The number of nitrogens with one attached hydrogen (secondary N) is 1. The van der Waals surface area contributed by atoms with Gasteiger partial charge in [-0.1, -0.05) is 33.6 Å². The van der Waals surface area contributed by atoms with Crippen molar-refractivity contribution < 1.29 is 0 Å². The molecule has 0 spiro atoms. The van der Waals surface area contributed by atoms with E-state index in [2.05, 4.69) is 37.9 Å². The lowest BCUT2D eigenvalue weighted by molar-refractivity contribution is 0.0362. The third-order valence-electron chi connectivity index (χ3n) is 4.98. The number of rotatable bonds is 3. The molecule has 1 saturated carbocycles. The number of piperazine rings is 1. The fraction of sp³-hybridized carbons (Fsp3) is 1.00. The fourth-order valence-electron chi connectivity index (χ4n) is 3.95. The molecule has 2 aliphatic rings. The first kappa shape index (κ1) is 14.3. The standard InChI is InChI=1S/C16H32N2/c1-5-7-14-12-18(13(2)11-17-14)15-8-6-9-16(3,4)10-15/h13-15,17H,5-12H2,1-4H3. The van der Waals surface area contributed by atoms with E-state index in [1.807, 2.05) is 0 Å². The summed E-state index contributed by atoms with van der Waals surface area (Å²) >= 11 is 0. The van der Waals surface area contributed by atoms with Gasteiger partial charge in [0.15, 0.2) is 0 Å². The highest BCUT2D eigenvalue weighted by molar-refractivity contribution is 4.92. The zero-order chi connectivity index (χ0) is 13.2. The summed E-state index contributed by atoms with van der Waals surface area (Å²) in [7, 11) is 0. The van der Waals surface area contributed by atoms with Gasteiger partial charge in [-0.15, -0.1) is 0 Å². The van der Waals surface area contributed by atoms with Gasteiger partial charge in [0.05, 0.1) is 0 Å². The molecule has 0 aromatic rings. The Morgan fingerprint density at radius 1 is 1.33 bits per heavy atom. The Bertz CT molecular complexity index is 262. The molecule has 106 valence electrons. The van der Waals surface area contributed by atoms with Gasteiger partial charge in [-0.2, -0.15) is 0 Å². The van der Waals surface area contributed by atoms with E-state index in [1.165, 1.54) is 51.6 Å². The van der Waals surface area contributed by atoms with Crippen LogP contribution in [-0.4, -0.2) is 36.1 Å². The molecule has 2 heteroatoms. The lowest BCUT2D eigenvalue weighted by Gasteiger charge is -2.48. The molecule has 0 aromatic carbocycles. The maximum atomic E-state index is 3.72. The Balaban J connectivity index is 1.96. The van der Waals surface area contributed by atoms with Crippen molar-refractivity contribution in [1.82, 2.24) is 10.2 Å². The van der Waals surface area contributed by atoms with Crippen LogP contribution < -0.4 is 5.32 Å². The molecular weight excluding hydrogens is 220 g/mol. The smallest absolute Gasteiger partial charge is 0.0196 e. The van der Waals surface area contributed by atoms with Crippen LogP contribution in [0.15, 0.2) is 0 Å². The number of hydrogen-bond donors (Lipinski definition) is 1. The molecular formula is C16H32N2. The van der Waals surface area contributed by atoms with Crippen molar-refractivity contribution in [1.29, 1.82) is 0 Å². The van der Waals surface area contributed by atoms with Crippen molar-refractivity contribution in [2.24, 2.45) is 5.41 Å². The minimum Gasteiger partial charge on any atom is -0.311 e. The van der Waals surface area contributed by atoms with Crippen LogP contribution in [0.3, 0.4) is 0 Å². The molecule has 1 aliphatic heterocycles. The topological polar surface area (TPSA) is 15.3 Å². The molecule has 1 aliphatic carbocycles. The SMILES string of the molecule is CCCC1CN(C2CCCC(C)(C)C2)C(C)CN1. The van der Waals surface area contributed by atoms with Gasteiger partial charge in [-0.25, -0.2) is 0 Å². The Morgan fingerprint density at radius 2 is 2.11 bits per heavy atom. The van der Waals surface area contributed by atoms with Gasteiger partial charge < -0.3 is 5.32 Å². The molecule has 2 fully saturated rings. The molecule has 1 saturated heterocycles. The van der Waals surface area contributed by atoms with Crippen molar-refractivity contribution in [3.63, 3.8) is 0 Å². The van der Waals surface area contributed by atoms with E-state index >= 15 is 0 Å². The Hall–Kier alpha value is -0.0800. The highest BCUT2D eigenvalue weighted by atomic mass is 15.3. The van der Waals surface area contributed by atoms with E-state index < -0.39 is 0 Å². The predicted octanol–water partition coefficient (Wildman–Crippen LogP) is 3.42. The van der Waals surface area contributed by atoms with Gasteiger partial charge in [-0.3, -0.25) is 4.90 Å². The van der Waals surface area contributed by atoms with E-state index in [9.17, 15) is 0 Å². The lowest BCUT2D eigenvalue weighted by Crippen LogP contribution is -2.59. The van der Waals surface area contributed by atoms with Crippen LogP contribution >= 0.6 is 0 Å². The lowest BCUT2D eigenvalue weighted by atomic mass is 9.74. The molecule has 1 N–H and O–H groups in total. The molecule has 0 radical (unpaired) electrons. The van der Waals surface area contributed by atoms with Gasteiger partial charge in [-0.05, 0) is 38.0 Å². The summed E-state index contributed by atoms with van der Waals surface area (Å²) in [5.41, 5.74) is 0.563. The van der Waals surface area contributed by atoms with Gasteiger partial charge >= 0.3 is 0 Å². The predicted molar refractivity (Wildman–Crippen MR) is 78.9 cm³/mol. The van der Waals surface area contributed by atoms with E-state index in [1.54, 1.807) is 0 Å². The van der Waals surface area contributed by atoms with Crippen molar-refractivity contribution in [3.05, 3.63) is 0 Å². The van der Waals surface area contributed by atoms with E-state index in [-0.39, 0.29) is 0 Å². The second-order valence-electron chi connectivity index (χ2n) is 7.35. The summed E-state index contributed by atoms with van der Waals surface area (Å²) in [6.07, 6.45) is 8.30. The van der Waals surface area contributed by atoms with Crippen LogP contribution in [0.2, 0.25) is 0 Å². The summed E-state index contributed by atoms with van der Waals surface area (Å²) in [6.45, 7) is 12.1. The first-order valence-corrected chi connectivity index (χ1v) is 8.01. The summed E-state index contributed by atoms with van der Waals surface area (Å²) < 4.78 is 0.